The van der Waals surface area contributed by atoms with Crippen LogP contribution in [0.2, 0.25) is 0 Å². The number of aryl methyl sites for hydroxylation is 3. The second-order valence-electron chi connectivity index (χ2n) is 6.37. The van der Waals surface area contributed by atoms with Gasteiger partial charge in [-0.05, 0) is 45.1 Å². The van der Waals surface area contributed by atoms with E-state index >= 15 is 0 Å². The summed E-state index contributed by atoms with van der Waals surface area (Å²) in [4.78, 5) is 24.3. The number of carbonyl (C=O) groups excluding carboxylic acids is 1. The SMILES string of the molecule is Cc1cccc(=O)n1CCCNC(=O)c1c2c(nn1C)CCCC2. The molecule has 1 aliphatic rings. The zero-order valence-electron chi connectivity index (χ0n) is 14.3. The van der Waals surface area contributed by atoms with Crippen LogP contribution < -0.4 is 10.9 Å². The van der Waals surface area contributed by atoms with Crippen LogP contribution in [0.1, 0.15) is 46.7 Å². The minimum absolute atomic E-state index is 0.00188. The number of nitrogens with one attached hydrogen (secondary N) is 1. The van der Waals surface area contributed by atoms with Crippen LogP contribution in [0.3, 0.4) is 0 Å². The molecule has 2 aromatic heterocycles. The number of nitrogens with zero attached hydrogens (tertiary/aromatic N) is 3. The Labute approximate surface area is 141 Å². The van der Waals surface area contributed by atoms with Gasteiger partial charge >= 0.3 is 0 Å². The van der Waals surface area contributed by atoms with E-state index in [2.05, 4.69) is 10.4 Å². The molecule has 1 amide bonds. The van der Waals surface area contributed by atoms with Crippen LogP contribution in [0.15, 0.2) is 23.0 Å². The molecule has 0 spiro atoms. The number of fused-ring (bicyclic) bond motifs is 1. The zero-order valence-corrected chi connectivity index (χ0v) is 14.3. The van der Waals surface area contributed by atoms with Gasteiger partial charge in [-0.2, -0.15) is 5.10 Å². The van der Waals surface area contributed by atoms with Crippen molar-refractivity contribution in [2.24, 2.45) is 7.05 Å². The molecule has 0 atom stereocenters. The number of carbonyl (C=O) groups is 1. The molecule has 1 N–H and O–H groups in total. The molecule has 0 radical (unpaired) electrons. The summed E-state index contributed by atoms with van der Waals surface area (Å²) in [6.07, 6.45) is 4.89. The van der Waals surface area contributed by atoms with Gasteiger partial charge in [0.15, 0.2) is 0 Å². The maximum Gasteiger partial charge on any atom is 0.269 e. The molecule has 0 aromatic carbocycles. The van der Waals surface area contributed by atoms with Crippen LogP contribution >= 0.6 is 0 Å². The summed E-state index contributed by atoms with van der Waals surface area (Å²) in [6, 6.07) is 5.25. The van der Waals surface area contributed by atoms with E-state index < -0.39 is 0 Å². The first-order valence-electron chi connectivity index (χ1n) is 8.57. The second kappa shape index (κ2) is 7.03. The average molecular weight is 328 g/mol. The van der Waals surface area contributed by atoms with Gasteiger partial charge in [-0.15, -0.1) is 0 Å². The van der Waals surface area contributed by atoms with E-state index in [4.69, 9.17) is 0 Å². The predicted octanol–water partition coefficient (Wildman–Crippen LogP) is 1.59. The Balaban J connectivity index is 1.59. The van der Waals surface area contributed by atoms with Gasteiger partial charge in [0, 0.05) is 37.5 Å². The summed E-state index contributed by atoms with van der Waals surface area (Å²) in [5, 5.41) is 7.45. The Bertz CT molecular complexity index is 804. The lowest BCUT2D eigenvalue weighted by Gasteiger charge is -2.12. The van der Waals surface area contributed by atoms with Gasteiger partial charge in [0.25, 0.3) is 11.5 Å². The third kappa shape index (κ3) is 3.27. The summed E-state index contributed by atoms with van der Waals surface area (Å²) in [6.45, 7) is 3.07. The fourth-order valence-electron chi connectivity index (χ4n) is 3.40. The Morgan fingerprint density at radius 2 is 2.08 bits per heavy atom. The molecule has 0 saturated heterocycles. The normalized spacial score (nSPS) is 13.6. The lowest BCUT2D eigenvalue weighted by atomic mass is 9.95. The zero-order chi connectivity index (χ0) is 17.1. The Hall–Kier alpha value is -2.37. The van der Waals surface area contributed by atoms with Crippen molar-refractivity contribution in [3.05, 3.63) is 51.2 Å². The molecule has 6 nitrogen and oxygen atoms in total. The van der Waals surface area contributed by atoms with Gasteiger partial charge in [-0.1, -0.05) is 6.07 Å². The number of rotatable bonds is 5. The lowest BCUT2D eigenvalue weighted by molar-refractivity contribution is 0.0942. The largest absolute Gasteiger partial charge is 0.351 e. The molecule has 3 rings (SSSR count). The molecular formula is C18H24N4O2. The second-order valence-corrected chi connectivity index (χ2v) is 6.37. The Kier molecular flexibility index (Phi) is 4.83. The molecule has 0 unspecified atom stereocenters. The van der Waals surface area contributed by atoms with Crippen molar-refractivity contribution in [3.63, 3.8) is 0 Å². The van der Waals surface area contributed by atoms with Crippen LogP contribution in [0.5, 0.6) is 0 Å². The molecule has 128 valence electrons. The van der Waals surface area contributed by atoms with Gasteiger partial charge in [-0.3, -0.25) is 14.3 Å². The van der Waals surface area contributed by atoms with Crippen LogP contribution in [-0.4, -0.2) is 26.8 Å². The molecular weight excluding hydrogens is 304 g/mol. The van der Waals surface area contributed by atoms with Crippen molar-refractivity contribution < 1.29 is 4.79 Å². The Morgan fingerprint density at radius 1 is 1.29 bits per heavy atom. The molecule has 2 aromatic rings. The van der Waals surface area contributed by atoms with E-state index in [-0.39, 0.29) is 11.5 Å². The van der Waals surface area contributed by atoms with Gasteiger partial charge in [0.1, 0.15) is 5.69 Å². The van der Waals surface area contributed by atoms with Crippen molar-refractivity contribution in [1.82, 2.24) is 19.7 Å². The minimum atomic E-state index is -0.0646. The minimum Gasteiger partial charge on any atom is -0.351 e. The molecule has 2 heterocycles. The number of aromatic nitrogens is 3. The van der Waals surface area contributed by atoms with Crippen LogP contribution in [0, 0.1) is 6.92 Å². The molecule has 6 heteroatoms. The van der Waals surface area contributed by atoms with Gasteiger partial charge in [0.2, 0.25) is 0 Å². The van der Waals surface area contributed by atoms with Crippen molar-refractivity contribution in [1.29, 1.82) is 0 Å². The highest BCUT2D eigenvalue weighted by Crippen LogP contribution is 2.23. The summed E-state index contributed by atoms with van der Waals surface area (Å²) < 4.78 is 3.44. The number of hydrogen-bond donors (Lipinski definition) is 1. The van der Waals surface area contributed by atoms with E-state index in [1.807, 2.05) is 20.0 Å². The summed E-state index contributed by atoms with van der Waals surface area (Å²) >= 11 is 0. The highest BCUT2D eigenvalue weighted by Gasteiger charge is 2.23. The number of pyridine rings is 1. The van der Waals surface area contributed by atoms with Gasteiger partial charge < -0.3 is 9.88 Å². The third-order valence-corrected chi connectivity index (χ3v) is 4.65. The van der Waals surface area contributed by atoms with E-state index in [9.17, 15) is 9.59 Å². The first kappa shape index (κ1) is 16.5. The van der Waals surface area contributed by atoms with Gasteiger partial charge in [0.05, 0.1) is 5.69 Å². The molecule has 0 bridgehead atoms. The maximum absolute atomic E-state index is 12.5. The van der Waals surface area contributed by atoms with E-state index in [0.717, 1.165) is 49.1 Å². The molecule has 1 aliphatic carbocycles. The monoisotopic (exact) mass is 328 g/mol. The average Bonchev–Trinajstić information content (AvgIpc) is 2.89. The summed E-state index contributed by atoms with van der Waals surface area (Å²) in [7, 11) is 1.83. The standard InChI is InChI=1S/C18H24N4O2/c1-13-7-5-10-16(23)22(13)12-6-11-19-18(24)17-14-8-3-4-9-15(14)20-21(17)2/h5,7,10H,3-4,6,8-9,11-12H2,1-2H3,(H,19,24). The Morgan fingerprint density at radius 3 is 2.88 bits per heavy atom. The van der Waals surface area contributed by atoms with Crippen LogP contribution in [0.25, 0.3) is 0 Å². The fourth-order valence-corrected chi connectivity index (χ4v) is 3.40. The number of amides is 1. The molecule has 0 aliphatic heterocycles. The van der Waals surface area contributed by atoms with E-state index in [0.29, 0.717) is 18.8 Å². The summed E-state index contributed by atoms with van der Waals surface area (Å²) in [5.74, 6) is -0.0646. The highest BCUT2D eigenvalue weighted by molar-refractivity contribution is 5.94. The van der Waals surface area contributed by atoms with E-state index in [1.54, 1.807) is 21.4 Å². The van der Waals surface area contributed by atoms with Crippen molar-refractivity contribution >= 4 is 5.91 Å². The molecule has 0 saturated carbocycles. The maximum atomic E-state index is 12.5. The third-order valence-electron chi connectivity index (χ3n) is 4.65. The topological polar surface area (TPSA) is 68.9 Å². The lowest BCUT2D eigenvalue weighted by Crippen LogP contribution is -2.29. The smallest absolute Gasteiger partial charge is 0.269 e. The predicted molar refractivity (Wildman–Crippen MR) is 92.2 cm³/mol. The fraction of sp³-hybridized carbons (Fsp3) is 0.500. The highest BCUT2D eigenvalue weighted by atomic mass is 16.2. The first-order valence-corrected chi connectivity index (χ1v) is 8.57. The molecule has 24 heavy (non-hydrogen) atoms. The van der Waals surface area contributed by atoms with Crippen molar-refractivity contribution in [3.8, 4) is 0 Å². The number of hydrogen-bond acceptors (Lipinski definition) is 3. The first-order chi connectivity index (χ1) is 11.6. The van der Waals surface area contributed by atoms with Crippen molar-refractivity contribution in [2.75, 3.05) is 6.54 Å². The van der Waals surface area contributed by atoms with E-state index in [1.165, 1.54) is 0 Å². The van der Waals surface area contributed by atoms with Gasteiger partial charge in [-0.25, -0.2) is 0 Å². The summed E-state index contributed by atoms with van der Waals surface area (Å²) in [5.41, 5.74) is 3.81. The van der Waals surface area contributed by atoms with Crippen LogP contribution in [-0.2, 0) is 26.4 Å². The van der Waals surface area contributed by atoms with Crippen molar-refractivity contribution in [2.45, 2.75) is 45.6 Å². The van der Waals surface area contributed by atoms with Crippen LogP contribution in [0.4, 0.5) is 0 Å². The molecule has 0 fully saturated rings. The quantitative estimate of drug-likeness (QED) is 0.848.